The van der Waals surface area contributed by atoms with Crippen LogP contribution in [-0.2, 0) is 20.9 Å². The zero-order valence-corrected chi connectivity index (χ0v) is 21.6. The molecule has 2 aliphatic rings. The molecule has 10 nitrogen and oxygen atoms in total. The Bertz CT molecular complexity index is 848. The maximum Gasteiger partial charge on any atom is 0.408 e. The summed E-state index contributed by atoms with van der Waals surface area (Å²) in [5, 5.41) is 9.17. The van der Waals surface area contributed by atoms with E-state index < -0.39 is 12.1 Å². The molecule has 200 valence electrons. The summed E-state index contributed by atoms with van der Waals surface area (Å²) < 4.78 is 5.31. The number of alkyl carbamates (subject to hydrolysis) is 1. The Morgan fingerprint density at radius 1 is 1.08 bits per heavy atom. The van der Waals surface area contributed by atoms with Crippen LogP contribution in [0.3, 0.4) is 0 Å². The fourth-order valence-corrected chi connectivity index (χ4v) is 4.60. The number of halogens is 1. The number of hydrogen-bond acceptors (Lipinski definition) is 6. The Balaban J connectivity index is 0.00000456. The molecule has 0 unspecified atom stereocenters. The van der Waals surface area contributed by atoms with Crippen LogP contribution in [0.4, 0.5) is 4.79 Å². The van der Waals surface area contributed by atoms with Gasteiger partial charge in [0, 0.05) is 32.7 Å². The summed E-state index contributed by atoms with van der Waals surface area (Å²) in [7, 11) is 0. The number of benzene rings is 1. The number of nitrogens with one attached hydrogen (secondary N) is 2. The number of likely N-dealkylation sites (tertiary alicyclic amines) is 2. The Morgan fingerprint density at radius 2 is 1.81 bits per heavy atom. The van der Waals surface area contributed by atoms with E-state index in [1.54, 1.807) is 11.2 Å². The Kier molecular flexibility index (Phi) is 12.9. The standard InChI is InChI=1S/C25H38N6O4.ClH/c26-28-19-30-12-8-11-21(17-30)16-27-23(32)15-22(24(33)31-13-6-1-2-7-14-31)29-25(34)35-18-20-9-4-3-5-10-20;/h3-5,9-10,19,21-22H,1-2,6-8,11-18,26H2,(H,27,32)(H,29,34);1H/t21-,22-;/m0./s1. The van der Waals surface area contributed by atoms with Gasteiger partial charge in [-0.3, -0.25) is 9.59 Å². The van der Waals surface area contributed by atoms with Crippen molar-refractivity contribution in [2.24, 2.45) is 16.9 Å². The van der Waals surface area contributed by atoms with Crippen LogP contribution in [0.1, 0.15) is 50.5 Å². The molecule has 2 fully saturated rings. The molecule has 2 heterocycles. The van der Waals surface area contributed by atoms with Gasteiger partial charge in [-0.1, -0.05) is 43.2 Å². The number of rotatable bonds is 9. The molecule has 0 saturated carbocycles. The maximum absolute atomic E-state index is 13.3. The molecule has 0 spiro atoms. The summed E-state index contributed by atoms with van der Waals surface area (Å²) in [6, 6.07) is 8.35. The normalized spacial score (nSPS) is 19.1. The van der Waals surface area contributed by atoms with Crippen molar-refractivity contribution < 1.29 is 19.1 Å². The molecule has 1 aromatic rings. The highest BCUT2D eigenvalue weighted by Crippen LogP contribution is 2.15. The minimum Gasteiger partial charge on any atom is -0.445 e. The number of ether oxygens (including phenoxy) is 1. The number of amides is 3. The van der Waals surface area contributed by atoms with Gasteiger partial charge in [0.2, 0.25) is 11.8 Å². The Labute approximate surface area is 219 Å². The van der Waals surface area contributed by atoms with Gasteiger partial charge in [0.05, 0.1) is 6.42 Å². The van der Waals surface area contributed by atoms with Crippen molar-refractivity contribution in [1.29, 1.82) is 0 Å². The second kappa shape index (κ2) is 15.9. The van der Waals surface area contributed by atoms with Crippen molar-refractivity contribution in [3.05, 3.63) is 35.9 Å². The first-order valence-electron chi connectivity index (χ1n) is 12.5. The van der Waals surface area contributed by atoms with E-state index in [1.165, 1.54) is 0 Å². The molecule has 3 amide bonds. The van der Waals surface area contributed by atoms with E-state index in [0.717, 1.165) is 57.2 Å². The van der Waals surface area contributed by atoms with Gasteiger partial charge in [0.15, 0.2) is 0 Å². The van der Waals surface area contributed by atoms with Gasteiger partial charge in [-0.25, -0.2) is 4.79 Å². The lowest BCUT2D eigenvalue weighted by Crippen LogP contribution is -2.51. The Hall–Kier alpha value is -3.01. The largest absolute Gasteiger partial charge is 0.445 e. The number of carbonyl (C=O) groups excluding carboxylic acids is 3. The van der Waals surface area contributed by atoms with Gasteiger partial charge >= 0.3 is 6.09 Å². The topological polar surface area (TPSA) is 129 Å². The van der Waals surface area contributed by atoms with Crippen molar-refractivity contribution in [2.45, 2.75) is 57.6 Å². The van der Waals surface area contributed by atoms with Crippen LogP contribution in [-0.4, -0.2) is 72.8 Å². The average molecular weight is 523 g/mol. The van der Waals surface area contributed by atoms with Crippen LogP contribution in [0.2, 0.25) is 0 Å². The lowest BCUT2D eigenvalue weighted by molar-refractivity contribution is -0.136. The van der Waals surface area contributed by atoms with E-state index >= 15 is 0 Å². The minimum atomic E-state index is -0.969. The lowest BCUT2D eigenvalue weighted by Gasteiger charge is -2.31. The fourth-order valence-electron chi connectivity index (χ4n) is 4.60. The summed E-state index contributed by atoms with van der Waals surface area (Å²) >= 11 is 0. The van der Waals surface area contributed by atoms with Crippen LogP contribution in [0.25, 0.3) is 0 Å². The Morgan fingerprint density at radius 3 is 2.50 bits per heavy atom. The maximum atomic E-state index is 13.3. The van der Waals surface area contributed by atoms with Crippen LogP contribution in [0.15, 0.2) is 35.4 Å². The van der Waals surface area contributed by atoms with E-state index in [1.807, 2.05) is 35.2 Å². The van der Waals surface area contributed by atoms with Gasteiger partial charge in [-0.2, -0.15) is 5.10 Å². The molecule has 36 heavy (non-hydrogen) atoms. The molecule has 3 rings (SSSR count). The molecule has 2 atom stereocenters. The van der Waals surface area contributed by atoms with E-state index in [-0.39, 0.29) is 43.2 Å². The molecule has 0 aliphatic carbocycles. The van der Waals surface area contributed by atoms with Crippen LogP contribution in [0.5, 0.6) is 0 Å². The summed E-state index contributed by atoms with van der Waals surface area (Å²) in [5.41, 5.74) is 0.844. The lowest BCUT2D eigenvalue weighted by atomic mass is 9.98. The summed E-state index contributed by atoms with van der Waals surface area (Å²) in [6.07, 6.45) is 6.78. The summed E-state index contributed by atoms with van der Waals surface area (Å²) in [5.74, 6) is 5.02. The predicted molar refractivity (Wildman–Crippen MR) is 140 cm³/mol. The fraction of sp³-hybridized carbons (Fsp3) is 0.600. The third-order valence-corrected chi connectivity index (χ3v) is 6.48. The number of piperidine rings is 1. The van der Waals surface area contributed by atoms with E-state index in [9.17, 15) is 14.4 Å². The van der Waals surface area contributed by atoms with Crippen molar-refractivity contribution in [2.75, 3.05) is 32.7 Å². The quantitative estimate of drug-likeness (QED) is 0.197. The molecule has 0 bridgehead atoms. The molecule has 11 heteroatoms. The third kappa shape index (κ3) is 9.93. The second-order valence-corrected chi connectivity index (χ2v) is 9.27. The predicted octanol–water partition coefficient (Wildman–Crippen LogP) is 2.23. The van der Waals surface area contributed by atoms with Gasteiger partial charge in [0.25, 0.3) is 0 Å². The highest BCUT2D eigenvalue weighted by molar-refractivity contribution is 5.91. The monoisotopic (exact) mass is 522 g/mol. The van der Waals surface area contributed by atoms with Crippen molar-refractivity contribution >= 4 is 36.7 Å². The average Bonchev–Trinajstić information content (AvgIpc) is 3.16. The number of hydrazone groups is 1. The summed E-state index contributed by atoms with van der Waals surface area (Å²) in [4.78, 5) is 42.3. The second-order valence-electron chi connectivity index (χ2n) is 9.27. The van der Waals surface area contributed by atoms with Crippen LogP contribution < -0.4 is 16.5 Å². The number of nitrogens with two attached hydrogens (primary N) is 1. The van der Waals surface area contributed by atoms with Crippen molar-refractivity contribution in [3.63, 3.8) is 0 Å². The zero-order valence-electron chi connectivity index (χ0n) is 20.8. The molecular weight excluding hydrogens is 484 g/mol. The van der Waals surface area contributed by atoms with E-state index in [0.29, 0.717) is 19.6 Å². The third-order valence-electron chi connectivity index (χ3n) is 6.48. The van der Waals surface area contributed by atoms with Crippen LogP contribution in [0, 0.1) is 5.92 Å². The minimum absolute atomic E-state index is 0. The highest BCUT2D eigenvalue weighted by atomic mass is 35.5. The highest BCUT2D eigenvalue weighted by Gasteiger charge is 2.29. The molecule has 1 aromatic carbocycles. The molecule has 0 radical (unpaired) electrons. The zero-order chi connectivity index (χ0) is 24.9. The number of hydrogen-bond donors (Lipinski definition) is 3. The first-order valence-corrected chi connectivity index (χ1v) is 12.5. The molecule has 4 N–H and O–H groups in total. The van der Waals surface area contributed by atoms with Crippen molar-refractivity contribution in [1.82, 2.24) is 20.4 Å². The van der Waals surface area contributed by atoms with Crippen molar-refractivity contribution in [3.8, 4) is 0 Å². The van der Waals surface area contributed by atoms with E-state index in [2.05, 4.69) is 15.7 Å². The van der Waals surface area contributed by atoms with Crippen LogP contribution >= 0.6 is 12.4 Å². The first-order chi connectivity index (χ1) is 17.0. The molecule has 2 saturated heterocycles. The van der Waals surface area contributed by atoms with Gasteiger partial charge < -0.3 is 31.0 Å². The molecule has 0 aromatic heterocycles. The summed E-state index contributed by atoms with van der Waals surface area (Å²) in [6.45, 7) is 3.52. The van der Waals surface area contributed by atoms with Gasteiger partial charge in [0.1, 0.15) is 19.0 Å². The number of nitrogens with zero attached hydrogens (tertiary/aromatic N) is 3. The van der Waals surface area contributed by atoms with Gasteiger partial charge in [-0.15, -0.1) is 12.4 Å². The smallest absolute Gasteiger partial charge is 0.408 e. The molecular formula is C25H39ClN6O4. The number of carbonyl (C=O) groups is 3. The first kappa shape index (κ1) is 29.2. The van der Waals surface area contributed by atoms with Gasteiger partial charge in [-0.05, 0) is 37.2 Å². The SMILES string of the molecule is Cl.NN=CN1CCC[C@@H](CNC(=O)C[C@H](NC(=O)OCc2ccccc2)C(=O)N2CCCCCC2)C1. The molecule has 2 aliphatic heterocycles. The van der Waals surface area contributed by atoms with E-state index in [4.69, 9.17) is 10.6 Å².